The van der Waals surface area contributed by atoms with E-state index in [4.69, 9.17) is 0 Å². The molecule has 1 aliphatic heterocycles. The first kappa shape index (κ1) is 8.80. The lowest BCUT2D eigenvalue weighted by Gasteiger charge is -2.22. The second-order valence-corrected chi connectivity index (χ2v) is 5.76. The Morgan fingerprint density at radius 1 is 1.43 bits per heavy atom. The Labute approximate surface area is 91.3 Å². The van der Waals surface area contributed by atoms with E-state index >= 15 is 0 Å². The van der Waals surface area contributed by atoms with Crippen molar-refractivity contribution in [2.45, 2.75) is 24.3 Å². The van der Waals surface area contributed by atoms with Crippen LogP contribution in [0, 0.1) is 0 Å². The second kappa shape index (κ2) is 3.28. The number of thiophene rings is 1. The maximum atomic E-state index is 11.7. The van der Waals surface area contributed by atoms with Crippen LogP contribution in [0.4, 0.5) is 0 Å². The molecule has 14 heavy (non-hydrogen) atoms. The number of hydrogen-bond donors (Lipinski definition) is 0. The van der Waals surface area contributed by atoms with Gasteiger partial charge >= 0.3 is 0 Å². The summed E-state index contributed by atoms with van der Waals surface area (Å²) >= 11 is 3.53. The molecule has 1 saturated carbocycles. The van der Waals surface area contributed by atoms with Gasteiger partial charge in [0.2, 0.25) is 5.91 Å². The van der Waals surface area contributed by atoms with Crippen LogP contribution in [0.15, 0.2) is 17.5 Å². The minimum atomic E-state index is 0.315. The van der Waals surface area contributed by atoms with Gasteiger partial charge in [-0.15, -0.1) is 23.1 Å². The molecule has 0 bridgehead atoms. The van der Waals surface area contributed by atoms with Crippen molar-refractivity contribution in [1.82, 2.24) is 4.90 Å². The van der Waals surface area contributed by atoms with E-state index in [2.05, 4.69) is 22.4 Å². The van der Waals surface area contributed by atoms with Gasteiger partial charge in [-0.3, -0.25) is 4.79 Å². The summed E-state index contributed by atoms with van der Waals surface area (Å²) in [7, 11) is 0. The Balaban J connectivity index is 1.88. The fourth-order valence-corrected chi connectivity index (χ4v) is 4.05. The molecule has 2 heterocycles. The highest BCUT2D eigenvalue weighted by Crippen LogP contribution is 2.46. The molecule has 1 unspecified atom stereocenters. The molecule has 1 aliphatic carbocycles. The molecule has 0 radical (unpaired) electrons. The van der Waals surface area contributed by atoms with Crippen molar-refractivity contribution >= 4 is 29.0 Å². The van der Waals surface area contributed by atoms with E-state index in [0.29, 0.717) is 23.1 Å². The predicted octanol–water partition coefficient (Wildman–Crippen LogP) is 2.48. The highest BCUT2D eigenvalue weighted by Gasteiger charge is 2.42. The van der Waals surface area contributed by atoms with Crippen molar-refractivity contribution in [3.8, 4) is 0 Å². The first-order valence-corrected chi connectivity index (χ1v) is 6.75. The molecule has 0 spiro atoms. The Bertz CT molecular complexity index is 345. The topological polar surface area (TPSA) is 20.3 Å². The van der Waals surface area contributed by atoms with Gasteiger partial charge in [-0.05, 0) is 24.3 Å². The third-order valence-electron chi connectivity index (χ3n) is 2.63. The van der Waals surface area contributed by atoms with Crippen LogP contribution in [0.1, 0.15) is 23.1 Å². The van der Waals surface area contributed by atoms with Gasteiger partial charge < -0.3 is 4.90 Å². The van der Waals surface area contributed by atoms with Crippen molar-refractivity contribution in [2.75, 3.05) is 5.75 Å². The van der Waals surface area contributed by atoms with Crippen molar-refractivity contribution < 1.29 is 4.79 Å². The molecule has 1 atom stereocenters. The average molecular weight is 225 g/mol. The summed E-state index contributed by atoms with van der Waals surface area (Å²) in [6, 6.07) is 4.75. The SMILES string of the molecule is O=C1CSC(c2cccs2)N1C1CC1. The van der Waals surface area contributed by atoms with Crippen molar-refractivity contribution in [3.63, 3.8) is 0 Å². The first-order chi connectivity index (χ1) is 6.86. The van der Waals surface area contributed by atoms with Crippen LogP contribution in [-0.4, -0.2) is 22.6 Å². The van der Waals surface area contributed by atoms with E-state index in [0.717, 1.165) is 0 Å². The summed E-state index contributed by atoms with van der Waals surface area (Å²) in [5, 5.41) is 2.40. The summed E-state index contributed by atoms with van der Waals surface area (Å²) in [6.45, 7) is 0. The van der Waals surface area contributed by atoms with Crippen LogP contribution in [-0.2, 0) is 4.79 Å². The maximum Gasteiger partial charge on any atom is 0.234 e. The molecule has 2 aliphatic rings. The molecule has 2 nitrogen and oxygen atoms in total. The number of nitrogens with zero attached hydrogens (tertiary/aromatic N) is 1. The third kappa shape index (κ3) is 1.37. The maximum absolute atomic E-state index is 11.7. The standard InChI is InChI=1S/C10H11NOS2/c12-9-6-14-10(8-2-1-5-13-8)11(9)7-3-4-7/h1-2,5,7,10H,3-4,6H2. The molecule has 1 aromatic rings. The molecule has 1 saturated heterocycles. The van der Waals surface area contributed by atoms with E-state index in [1.165, 1.54) is 17.7 Å². The largest absolute Gasteiger partial charge is 0.322 e. The summed E-state index contributed by atoms with van der Waals surface area (Å²) in [5.41, 5.74) is 0. The number of hydrogen-bond acceptors (Lipinski definition) is 3. The number of amides is 1. The molecule has 3 rings (SSSR count). The van der Waals surface area contributed by atoms with Gasteiger partial charge in [0.1, 0.15) is 5.37 Å². The van der Waals surface area contributed by atoms with Crippen LogP contribution in [0.2, 0.25) is 0 Å². The zero-order valence-corrected chi connectivity index (χ0v) is 9.31. The fourth-order valence-electron chi connectivity index (χ4n) is 1.83. The lowest BCUT2D eigenvalue weighted by atomic mass is 10.4. The molecule has 1 aromatic heterocycles. The Morgan fingerprint density at radius 3 is 2.93 bits per heavy atom. The van der Waals surface area contributed by atoms with E-state index < -0.39 is 0 Å². The quantitative estimate of drug-likeness (QED) is 0.770. The zero-order chi connectivity index (χ0) is 9.54. The summed E-state index contributed by atoms with van der Waals surface area (Å²) in [4.78, 5) is 15.1. The van der Waals surface area contributed by atoms with Gasteiger partial charge in [0, 0.05) is 10.9 Å². The predicted molar refractivity (Wildman–Crippen MR) is 59.4 cm³/mol. The van der Waals surface area contributed by atoms with E-state index in [-0.39, 0.29) is 0 Å². The minimum Gasteiger partial charge on any atom is -0.322 e. The molecule has 0 N–H and O–H groups in total. The second-order valence-electron chi connectivity index (χ2n) is 3.71. The summed E-state index contributed by atoms with van der Waals surface area (Å²) in [6.07, 6.45) is 2.41. The monoisotopic (exact) mass is 225 g/mol. The zero-order valence-electron chi connectivity index (χ0n) is 7.68. The van der Waals surface area contributed by atoms with E-state index in [1.54, 1.807) is 23.1 Å². The van der Waals surface area contributed by atoms with Gasteiger partial charge in [-0.25, -0.2) is 0 Å². The average Bonchev–Trinajstić information content (AvgIpc) is 2.75. The highest BCUT2D eigenvalue weighted by atomic mass is 32.2. The molecule has 74 valence electrons. The van der Waals surface area contributed by atoms with Crippen LogP contribution >= 0.6 is 23.1 Å². The molecular formula is C10H11NOS2. The van der Waals surface area contributed by atoms with Crippen molar-refractivity contribution in [2.24, 2.45) is 0 Å². The molecular weight excluding hydrogens is 214 g/mol. The third-order valence-corrected chi connectivity index (χ3v) is 4.92. The van der Waals surface area contributed by atoms with Gasteiger partial charge in [-0.2, -0.15) is 0 Å². The Kier molecular flexibility index (Phi) is 2.06. The number of carbonyl (C=O) groups is 1. The van der Waals surface area contributed by atoms with E-state index in [1.807, 2.05) is 0 Å². The lowest BCUT2D eigenvalue weighted by Crippen LogP contribution is -2.29. The van der Waals surface area contributed by atoms with E-state index in [9.17, 15) is 4.79 Å². The highest BCUT2D eigenvalue weighted by molar-refractivity contribution is 8.00. The van der Waals surface area contributed by atoms with Gasteiger partial charge in [0.15, 0.2) is 0 Å². The molecule has 0 aromatic carbocycles. The molecule has 4 heteroatoms. The van der Waals surface area contributed by atoms with Gasteiger partial charge in [0.05, 0.1) is 5.75 Å². The smallest absolute Gasteiger partial charge is 0.234 e. The number of carbonyl (C=O) groups excluding carboxylic acids is 1. The van der Waals surface area contributed by atoms with Crippen molar-refractivity contribution in [3.05, 3.63) is 22.4 Å². The number of thioether (sulfide) groups is 1. The van der Waals surface area contributed by atoms with Crippen LogP contribution in [0.25, 0.3) is 0 Å². The molecule has 2 fully saturated rings. The normalized spacial score (nSPS) is 27.3. The molecule has 1 amide bonds. The van der Waals surface area contributed by atoms with Crippen LogP contribution in [0.3, 0.4) is 0 Å². The first-order valence-electron chi connectivity index (χ1n) is 4.82. The Morgan fingerprint density at radius 2 is 2.29 bits per heavy atom. The van der Waals surface area contributed by atoms with Gasteiger partial charge in [-0.1, -0.05) is 6.07 Å². The van der Waals surface area contributed by atoms with Crippen LogP contribution < -0.4 is 0 Å². The fraction of sp³-hybridized carbons (Fsp3) is 0.500. The minimum absolute atomic E-state index is 0.315. The summed E-state index contributed by atoms with van der Waals surface area (Å²) < 4.78 is 0. The van der Waals surface area contributed by atoms with Gasteiger partial charge in [0.25, 0.3) is 0 Å². The lowest BCUT2D eigenvalue weighted by molar-refractivity contribution is -0.128. The summed E-state index contributed by atoms with van der Waals surface area (Å²) in [5.74, 6) is 0.995. The van der Waals surface area contributed by atoms with Crippen LogP contribution in [0.5, 0.6) is 0 Å². The number of rotatable bonds is 2. The van der Waals surface area contributed by atoms with Crippen molar-refractivity contribution in [1.29, 1.82) is 0 Å². The Hall–Kier alpha value is -0.480.